The number of nitrogens with zero attached hydrogens (tertiary/aromatic N) is 4. The molecule has 0 atom stereocenters. The predicted molar refractivity (Wildman–Crippen MR) is 453 cm³/mol. The van der Waals surface area contributed by atoms with Crippen LogP contribution in [-0.2, 0) is 21.7 Å². The first-order chi connectivity index (χ1) is 50.6. The lowest BCUT2D eigenvalue weighted by Crippen LogP contribution is -2.61. The molecule has 5 heterocycles. The predicted octanol–water partition coefficient (Wildman–Crippen LogP) is 25.6. The third-order valence-corrected chi connectivity index (χ3v) is 23.1. The van der Waals surface area contributed by atoms with E-state index in [1.165, 1.54) is 148 Å². The third-order valence-electron chi connectivity index (χ3n) is 23.1. The minimum Gasteiger partial charge on any atom is -0.311 e. The molecule has 2 aliphatic rings. The van der Waals surface area contributed by atoms with Gasteiger partial charge in [-0.2, -0.15) is 0 Å². The van der Waals surface area contributed by atoms with Crippen molar-refractivity contribution < 1.29 is 0 Å². The second kappa shape index (κ2) is 23.4. The standard InChI is InChI=1S/C100H85BN4/c1-97(2,3)68-43-52-87-82(58-68)83-59-69(98(4,5)6)44-53-88(83)103(87)74-49-51-85-90(60-74)102(72-45-38-64(39-46-72)62-26-15-13-16-27-62)92-61-91-93(81-36-25-35-80-78-33-22-20-31-76(78)75-30-19-21-32-77(75)79-34-23-24-37-86(79)105(91)95(80)81)96-94(92)101(85)84-50-42-66(67-54-70(99(7,8)9)57-71(55-67)100(10,11)12)56-89(84)104(96)73-47-40-65(41-48-73)63-28-17-14-18-29-63/h13-61H,1-12H3. The van der Waals surface area contributed by atoms with Crippen molar-refractivity contribution in [1.29, 1.82) is 0 Å². The molecule has 0 radical (unpaired) electrons. The molecular formula is C100H85BN4. The van der Waals surface area contributed by atoms with Crippen LogP contribution in [0.25, 0.3) is 121 Å². The molecule has 0 unspecified atom stereocenters. The molecule has 3 aromatic heterocycles. The smallest absolute Gasteiger partial charge is 0.252 e. The summed E-state index contributed by atoms with van der Waals surface area (Å²) in [5, 5.41) is 12.1. The number of benzene rings is 14. The molecule has 0 amide bonds. The van der Waals surface area contributed by atoms with Gasteiger partial charge >= 0.3 is 0 Å². The van der Waals surface area contributed by atoms with Gasteiger partial charge in [0.2, 0.25) is 0 Å². The highest BCUT2D eigenvalue weighted by Gasteiger charge is 2.46. The van der Waals surface area contributed by atoms with Crippen molar-refractivity contribution >= 4 is 139 Å². The monoisotopic (exact) mass is 1350 g/mol. The number of hydrogen-bond donors (Lipinski definition) is 0. The van der Waals surface area contributed by atoms with Crippen molar-refractivity contribution in [2.24, 2.45) is 0 Å². The van der Waals surface area contributed by atoms with E-state index in [4.69, 9.17) is 0 Å². The van der Waals surface area contributed by atoms with E-state index >= 15 is 0 Å². The zero-order chi connectivity index (χ0) is 71.7. The molecule has 19 rings (SSSR count). The Hall–Kier alpha value is -11.7. The summed E-state index contributed by atoms with van der Waals surface area (Å²) in [6.07, 6.45) is 0. The van der Waals surface area contributed by atoms with Crippen LogP contribution in [0.15, 0.2) is 297 Å². The van der Waals surface area contributed by atoms with Crippen molar-refractivity contribution in [2.75, 3.05) is 9.80 Å². The van der Waals surface area contributed by atoms with Crippen LogP contribution in [-0.4, -0.2) is 15.7 Å². The van der Waals surface area contributed by atoms with Gasteiger partial charge in [0.05, 0.1) is 33.3 Å². The molecule has 508 valence electrons. The Labute approximate surface area is 616 Å². The van der Waals surface area contributed by atoms with Gasteiger partial charge in [0.25, 0.3) is 6.71 Å². The maximum absolute atomic E-state index is 2.69. The highest BCUT2D eigenvalue weighted by atomic mass is 15.2. The highest BCUT2D eigenvalue weighted by molar-refractivity contribution is 7.00. The van der Waals surface area contributed by atoms with Crippen LogP contribution in [0, 0.1) is 0 Å². The third kappa shape index (κ3) is 10.2. The van der Waals surface area contributed by atoms with E-state index < -0.39 is 0 Å². The lowest BCUT2D eigenvalue weighted by Gasteiger charge is -2.45. The van der Waals surface area contributed by atoms with Gasteiger partial charge < -0.3 is 18.8 Å². The molecule has 0 aliphatic carbocycles. The second-order valence-corrected chi connectivity index (χ2v) is 33.7. The van der Waals surface area contributed by atoms with E-state index in [0.717, 1.165) is 45.2 Å². The van der Waals surface area contributed by atoms with Crippen LogP contribution >= 0.6 is 0 Å². The lowest BCUT2D eigenvalue weighted by molar-refractivity contribution is 0.569. The zero-order valence-electron chi connectivity index (χ0n) is 62.2. The second-order valence-electron chi connectivity index (χ2n) is 33.7. The molecule has 105 heavy (non-hydrogen) atoms. The molecule has 5 heteroatoms. The Morgan fingerprint density at radius 1 is 0.248 bits per heavy atom. The molecule has 0 fully saturated rings. The number of anilines is 6. The van der Waals surface area contributed by atoms with Crippen LogP contribution in [0.1, 0.15) is 105 Å². The van der Waals surface area contributed by atoms with Gasteiger partial charge in [0, 0.05) is 66.4 Å². The van der Waals surface area contributed by atoms with Crippen molar-refractivity contribution in [1.82, 2.24) is 8.97 Å². The molecule has 14 aromatic carbocycles. The van der Waals surface area contributed by atoms with Gasteiger partial charge in [0.15, 0.2) is 0 Å². The summed E-state index contributed by atoms with van der Waals surface area (Å²) < 4.78 is 5.21. The Kier molecular flexibility index (Phi) is 14.3. The summed E-state index contributed by atoms with van der Waals surface area (Å²) in [6.45, 7) is 27.9. The maximum Gasteiger partial charge on any atom is 0.252 e. The summed E-state index contributed by atoms with van der Waals surface area (Å²) >= 11 is 0. The number of para-hydroxylation sites is 2. The molecule has 0 saturated carbocycles. The molecule has 17 aromatic rings. The molecule has 0 spiro atoms. The van der Waals surface area contributed by atoms with Crippen molar-refractivity contribution in [3.05, 3.63) is 320 Å². The summed E-state index contributed by atoms with van der Waals surface area (Å²) in [4.78, 5) is 5.33. The van der Waals surface area contributed by atoms with Gasteiger partial charge in [-0.05, 0) is 194 Å². The fourth-order valence-corrected chi connectivity index (χ4v) is 17.5. The highest BCUT2D eigenvalue weighted by Crippen LogP contribution is 2.53. The van der Waals surface area contributed by atoms with Gasteiger partial charge in [-0.1, -0.05) is 301 Å². The number of rotatable bonds is 6. The van der Waals surface area contributed by atoms with Gasteiger partial charge in [-0.3, -0.25) is 0 Å². The van der Waals surface area contributed by atoms with Crippen LogP contribution in [0.4, 0.5) is 34.1 Å². The van der Waals surface area contributed by atoms with E-state index in [-0.39, 0.29) is 28.4 Å². The lowest BCUT2D eigenvalue weighted by atomic mass is 9.33. The Bertz CT molecular complexity index is 6380. The molecule has 4 nitrogen and oxygen atoms in total. The minimum absolute atomic E-state index is 0.0467. The first-order valence-electron chi connectivity index (χ1n) is 37.5. The molecule has 0 saturated heterocycles. The largest absolute Gasteiger partial charge is 0.311 e. The molecule has 0 N–H and O–H groups in total. The van der Waals surface area contributed by atoms with Crippen molar-refractivity contribution in [3.63, 3.8) is 0 Å². The van der Waals surface area contributed by atoms with Gasteiger partial charge in [-0.25, -0.2) is 0 Å². The van der Waals surface area contributed by atoms with Crippen LogP contribution in [0.5, 0.6) is 0 Å². The average Bonchev–Trinajstić information content (AvgIpc) is 1.64. The number of aromatic nitrogens is 2. The topological polar surface area (TPSA) is 15.8 Å². The fraction of sp³-hybridized carbons (Fsp3) is 0.160. The van der Waals surface area contributed by atoms with E-state index in [9.17, 15) is 0 Å². The summed E-state index contributed by atoms with van der Waals surface area (Å²) in [5.74, 6) is 0. The van der Waals surface area contributed by atoms with Crippen LogP contribution in [0.3, 0.4) is 0 Å². The minimum atomic E-state index is -0.222. The SMILES string of the molecule is CC(C)(C)c1cc(-c2ccc3c(c2)N(c2ccc(-c4ccccc4)cc2)c2c4c(cc5c2c2cccc6c7ccccc7c7ccccc7c7ccccc7n5c62)N(c2ccc(-c5ccccc5)cc2)c2cc(-n5c6ccc(C(C)(C)C)cc6c6cc(C(C)(C)C)ccc65)ccc2B34)cc(C(C)(C)C)c1. The summed E-state index contributed by atoms with van der Waals surface area (Å²) in [7, 11) is 0. The van der Waals surface area contributed by atoms with E-state index in [2.05, 4.69) is 399 Å². The number of hydrogen-bond acceptors (Lipinski definition) is 2. The molecule has 0 bridgehead atoms. The Morgan fingerprint density at radius 3 is 1.22 bits per heavy atom. The van der Waals surface area contributed by atoms with Crippen molar-refractivity contribution in [2.45, 2.75) is 105 Å². The maximum atomic E-state index is 2.69. The molecule has 2 aliphatic heterocycles. The molecular weight excluding hydrogens is 1270 g/mol. The summed E-state index contributed by atoms with van der Waals surface area (Å²) in [6, 6.07) is 114. The Balaban J connectivity index is 1.00. The first kappa shape index (κ1) is 64.2. The summed E-state index contributed by atoms with van der Waals surface area (Å²) in [5.41, 5.74) is 29.7. The Morgan fingerprint density at radius 2 is 0.676 bits per heavy atom. The number of fused-ring (bicyclic) bond motifs is 18. The average molecular weight is 1350 g/mol. The first-order valence-corrected chi connectivity index (χ1v) is 37.5. The fourth-order valence-electron chi connectivity index (χ4n) is 17.5. The zero-order valence-corrected chi connectivity index (χ0v) is 62.2. The quantitative estimate of drug-likeness (QED) is 0.154. The van der Waals surface area contributed by atoms with Gasteiger partial charge in [0.1, 0.15) is 0 Å². The van der Waals surface area contributed by atoms with E-state index in [1.807, 2.05) is 0 Å². The van der Waals surface area contributed by atoms with E-state index in [0.29, 0.717) is 0 Å². The normalized spacial score (nSPS) is 13.3. The van der Waals surface area contributed by atoms with Gasteiger partial charge in [-0.15, -0.1) is 0 Å². The van der Waals surface area contributed by atoms with Crippen LogP contribution in [0.2, 0.25) is 0 Å². The van der Waals surface area contributed by atoms with E-state index in [1.54, 1.807) is 0 Å². The van der Waals surface area contributed by atoms with Crippen LogP contribution < -0.4 is 26.2 Å². The van der Waals surface area contributed by atoms with Crippen molar-refractivity contribution in [3.8, 4) is 39.1 Å².